The Kier molecular flexibility index (Phi) is 4.90. The van der Waals surface area contributed by atoms with Crippen molar-refractivity contribution in [2.24, 2.45) is 5.92 Å². The molecule has 1 saturated carbocycles. The molecule has 2 aliphatic rings. The van der Waals surface area contributed by atoms with Gasteiger partial charge in [0.05, 0.1) is 18.1 Å². The molecule has 0 aromatic carbocycles. The van der Waals surface area contributed by atoms with Gasteiger partial charge in [0, 0.05) is 32.1 Å². The van der Waals surface area contributed by atoms with Crippen molar-refractivity contribution in [3.63, 3.8) is 0 Å². The molecular formula is C17H26N4O. The zero-order chi connectivity index (χ0) is 15.4. The fourth-order valence-electron chi connectivity index (χ4n) is 3.78. The van der Waals surface area contributed by atoms with Crippen LogP contribution in [0.5, 0.6) is 0 Å². The predicted octanol–water partition coefficient (Wildman–Crippen LogP) is 2.48. The van der Waals surface area contributed by atoms with Crippen molar-refractivity contribution in [2.75, 3.05) is 25.0 Å². The van der Waals surface area contributed by atoms with Crippen molar-refractivity contribution in [2.45, 2.75) is 51.0 Å². The van der Waals surface area contributed by atoms with Crippen LogP contribution < -0.4 is 4.90 Å². The third kappa shape index (κ3) is 3.39. The molecule has 0 unspecified atom stereocenters. The fraction of sp³-hybridized carbons (Fsp3) is 0.706. The standard InChI is InChI=1S/C17H26N4O/c1-20(15-5-3-2-4-6-15)17(22)14-7-9-21(10-8-14)16-11-18-13-19-12-16/h11-15H,2-10H2,1H3. The average molecular weight is 302 g/mol. The van der Waals surface area contributed by atoms with Crippen LogP contribution in [0.4, 0.5) is 5.69 Å². The van der Waals surface area contributed by atoms with E-state index in [0.29, 0.717) is 11.9 Å². The van der Waals surface area contributed by atoms with Crippen molar-refractivity contribution >= 4 is 11.6 Å². The monoisotopic (exact) mass is 302 g/mol. The summed E-state index contributed by atoms with van der Waals surface area (Å²) in [5.41, 5.74) is 1.06. The first-order chi connectivity index (χ1) is 10.8. The molecule has 5 nitrogen and oxygen atoms in total. The van der Waals surface area contributed by atoms with Crippen LogP contribution in [0.3, 0.4) is 0 Å². The third-order valence-electron chi connectivity index (χ3n) is 5.23. The number of rotatable bonds is 3. The van der Waals surface area contributed by atoms with Crippen LogP contribution in [0, 0.1) is 5.92 Å². The van der Waals surface area contributed by atoms with Crippen molar-refractivity contribution in [3.8, 4) is 0 Å². The van der Waals surface area contributed by atoms with Crippen LogP contribution in [-0.2, 0) is 4.79 Å². The van der Waals surface area contributed by atoms with Crippen LogP contribution in [0.2, 0.25) is 0 Å². The van der Waals surface area contributed by atoms with Gasteiger partial charge >= 0.3 is 0 Å². The lowest BCUT2D eigenvalue weighted by Crippen LogP contribution is -2.45. The van der Waals surface area contributed by atoms with Gasteiger partial charge in [-0.15, -0.1) is 0 Å². The molecule has 1 aromatic rings. The Balaban J connectivity index is 1.53. The lowest BCUT2D eigenvalue weighted by Gasteiger charge is -2.37. The first kappa shape index (κ1) is 15.3. The third-order valence-corrected chi connectivity index (χ3v) is 5.23. The molecule has 0 radical (unpaired) electrons. The van der Waals surface area contributed by atoms with Gasteiger partial charge in [0.15, 0.2) is 0 Å². The Bertz CT molecular complexity index is 479. The molecule has 3 rings (SSSR count). The zero-order valence-electron chi connectivity index (χ0n) is 13.4. The Morgan fingerprint density at radius 3 is 2.36 bits per heavy atom. The van der Waals surface area contributed by atoms with Gasteiger partial charge in [-0.05, 0) is 25.7 Å². The summed E-state index contributed by atoms with van der Waals surface area (Å²) in [4.78, 5) is 25.2. The molecule has 22 heavy (non-hydrogen) atoms. The summed E-state index contributed by atoms with van der Waals surface area (Å²) < 4.78 is 0. The highest BCUT2D eigenvalue weighted by Gasteiger charge is 2.30. The van der Waals surface area contributed by atoms with Crippen molar-refractivity contribution in [3.05, 3.63) is 18.7 Å². The number of carbonyl (C=O) groups excluding carboxylic acids is 1. The Morgan fingerprint density at radius 2 is 1.73 bits per heavy atom. The summed E-state index contributed by atoms with van der Waals surface area (Å²) >= 11 is 0. The molecule has 0 N–H and O–H groups in total. The Labute approximate surface area is 132 Å². The SMILES string of the molecule is CN(C(=O)C1CCN(c2cncnc2)CC1)C1CCCCC1. The second-order valence-corrected chi connectivity index (χ2v) is 6.60. The summed E-state index contributed by atoms with van der Waals surface area (Å²) in [5, 5.41) is 0. The number of nitrogens with zero attached hydrogens (tertiary/aromatic N) is 4. The molecule has 2 fully saturated rings. The van der Waals surface area contributed by atoms with Gasteiger partial charge in [0.25, 0.3) is 0 Å². The number of hydrogen-bond acceptors (Lipinski definition) is 4. The fourth-order valence-corrected chi connectivity index (χ4v) is 3.78. The van der Waals surface area contributed by atoms with Gasteiger partial charge in [-0.3, -0.25) is 4.79 Å². The van der Waals surface area contributed by atoms with Crippen molar-refractivity contribution in [1.29, 1.82) is 0 Å². The molecule has 0 spiro atoms. The number of hydrogen-bond donors (Lipinski definition) is 0. The van der Waals surface area contributed by atoms with Gasteiger partial charge in [0.2, 0.25) is 5.91 Å². The molecular weight excluding hydrogens is 276 g/mol. The van der Waals surface area contributed by atoms with Crippen molar-refractivity contribution < 1.29 is 4.79 Å². The maximum atomic E-state index is 12.7. The molecule has 120 valence electrons. The first-order valence-electron chi connectivity index (χ1n) is 8.52. The topological polar surface area (TPSA) is 49.3 Å². The van der Waals surface area contributed by atoms with E-state index in [1.165, 1.54) is 32.1 Å². The lowest BCUT2D eigenvalue weighted by molar-refractivity contribution is -0.137. The highest BCUT2D eigenvalue weighted by Crippen LogP contribution is 2.27. The largest absolute Gasteiger partial charge is 0.369 e. The van der Waals surface area contributed by atoms with E-state index >= 15 is 0 Å². The Hall–Kier alpha value is -1.65. The minimum atomic E-state index is 0.188. The predicted molar refractivity (Wildman–Crippen MR) is 86.6 cm³/mol. The number of anilines is 1. The van der Waals surface area contributed by atoms with Gasteiger partial charge in [0.1, 0.15) is 6.33 Å². The van der Waals surface area contributed by atoms with Crippen molar-refractivity contribution in [1.82, 2.24) is 14.9 Å². The summed E-state index contributed by atoms with van der Waals surface area (Å²) in [6, 6.07) is 0.474. The van der Waals surface area contributed by atoms with E-state index in [4.69, 9.17) is 0 Å². The zero-order valence-corrected chi connectivity index (χ0v) is 13.4. The van der Waals surface area contributed by atoms with E-state index in [2.05, 4.69) is 14.9 Å². The van der Waals surface area contributed by atoms with Crippen LogP contribution >= 0.6 is 0 Å². The smallest absolute Gasteiger partial charge is 0.225 e. The minimum absolute atomic E-state index is 0.188. The normalized spacial score (nSPS) is 20.9. The molecule has 1 aliphatic carbocycles. The number of carbonyl (C=O) groups is 1. The van der Waals surface area contributed by atoms with Gasteiger partial charge in [-0.2, -0.15) is 0 Å². The molecule has 1 saturated heterocycles. The quantitative estimate of drug-likeness (QED) is 0.861. The molecule has 5 heteroatoms. The van der Waals surface area contributed by atoms with Crippen LogP contribution in [0.25, 0.3) is 0 Å². The summed E-state index contributed by atoms with van der Waals surface area (Å²) in [6.45, 7) is 1.84. The Morgan fingerprint density at radius 1 is 1.09 bits per heavy atom. The highest BCUT2D eigenvalue weighted by atomic mass is 16.2. The van der Waals surface area contributed by atoms with E-state index in [1.54, 1.807) is 6.33 Å². The first-order valence-corrected chi connectivity index (χ1v) is 8.52. The molecule has 1 aliphatic heterocycles. The second-order valence-electron chi connectivity index (χ2n) is 6.60. The van der Waals surface area contributed by atoms with E-state index in [0.717, 1.165) is 31.6 Å². The number of amides is 1. The summed E-state index contributed by atoms with van der Waals surface area (Å²) in [7, 11) is 2.01. The molecule has 1 aromatic heterocycles. The average Bonchev–Trinajstić information content (AvgIpc) is 2.62. The van der Waals surface area contributed by atoms with E-state index in [1.807, 2.05) is 24.3 Å². The molecule has 2 heterocycles. The molecule has 0 atom stereocenters. The molecule has 1 amide bonds. The van der Waals surface area contributed by atoms with Gasteiger partial charge in [-0.1, -0.05) is 19.3 Å². The van der Waals surface area contributed by atoms with E-state index in [-0.39, 0.29) is 5.92 Å². The second kappa shape index (κ2) is 7.07. The van der Waals surface area contributed by atoms with E-state index in [9.17, 15) is 4.79 Å². The summed E-state index contributed by atoms with van der Waals surface area (Å²) in [5.74, 6) is 0.545. The van der Waals surface area contributed by atoms with E-state index < -0.39 is 0 Å². The minimum Gasteiger partial charge on any atom is -0.369 e. The highest BCUT2D eigenvalue weighted by molar-refractivity contribution is 5.79. The van der Waals surface area contributed by atoms with Gasteiger partial charge < -0.3 is 9.80 Å². The van der Waals surface area contributed by atoms with Gasteiger partial charge in [-0.25, -0.2) is 9.97 Å². The van der Waals surface area contributed by atoms with Crippen LogP contribution in [0.1, 0.15) is 44.9 Å². The number of piperidine rings is 1. The molecule has 0 bridgehead atoms. The lowest BCUT2D eigenvalue weighted by atomic mass is 9.91. The maximum Gasteiger partial charge on any atom is 0.225 e. The number of aromatic nitrogens is 2. The maximum absolute atomic E-state index is 12.7. The van der Waals surface area contributed by atoms with Crippen LogP contribution in [0.15, 0.2) is 18.7 Å². The van der Waals surface area contributed by atoms with Crippen LogP contribution in [-0.4, -0.2) is 47.0 Å². The summed E-state index contributed by atoms with van der Waals surface area (Å²) in [6.07, 6.45) is 13.4.